The van der Waals surface area contributed by atoms with Gasteiger partial charge in [-0.25, -0.2) is 0 Å². The summed E-state index contributed by atoms with van der Waals surface area (Å²) in [5, 5.41) is 11.1. The minimum atomic E-state index is -0.104. The van der Waals surface area contributed by atoms with Gasteiger partial charge < -0.3 is 0 Å². The molecular weight excluding hydrogens is 97.8 g/mol. The molecule has 0 fully saturated rings. The molecule has 0 unspecified atom stereocenters. The van der Waals surface area contributed by atoms with Crippen molar-refractivity contribution >= 4 is 7.35 Å². The third-order valence-electron chi connectivity index (χ3n) is 0.0786. The van der Waals surface area contributed by atoms with Gasteiger partial charge in [0.1, 0.15) is 0 Å². The Bertz CT molecular complexity index is 28.7. The van der Waals surface area contributed by atoms with E-state index in [2.05, 4.69) is 9.84 Å². The van der Waals surface area contributed by atoms with E-state index < -0.39 is 0 Å². The summed E-state index contributed by atoms with van der Waals surface area (Å²) in [6, 6.07) is 0. The van der Waals surface area contributed by atoms with Crippen molar-refractivity contribution in [1.82, 2.24) is 0 Å². The quantitative estimate of drug-likeness (QED) is 0.197. The van der Waals surface area contributed by atoms with Gasteiger partial charge >= 0.3 is 56.7 Å². The fraction of sp³-hybridized carbons (Fsp3) is 0. The molecule has 0 aliphatic rings. The van der Waals surface area contributed by atoms with Crippen molar-refractivity contribution in [3.8, 4) is 0 Å². The minimum absolute atomic E-state index is 0. The Morgan fingerprint density at radius 2 is 2.17 bits per heavy atom. The third-order valence-corrected chi connectivity index (χ3v) is 0.0786. The van der Waals surface area contributed by atoms with Crippen LogP contribution in [0.4, 0.5) is 0 Å². The molecule has 0 aromatic heterocycles. The van der Waals surface area contributed by atoms with Gasteiger partial charge in [-0.1, -0.05) is 0 Å². The van der Waals surface area contributed by atoms with E-state index in [4.69, 9.17) is 9.96 Å². The standard InChI is InChI=1S/BHO4.Na/c2-1-4-5-3;/h3H;/q;+1/p-1. The molecule has 6 heteroatoms. The fourth-order valence-corrected chi connectivity index (χ4v) is 0.0160. The molecule has 0 spiro atoms. The normalized spacial score (nSPS) is 4.83. The Labute approximate surface area is 56.9 Å². The Morgan fingerprint density at radius 1 is 1.67 bits per heavy atom. The van der Waals surface area contributed by atoms with Gasteiger partial charge in [0.2, 0.25) is 0 Å². The third kappa shape index (κ3) is 8.82. The predicted molar refractivity (Wildman–Crippen MR) is 8.61 cm³/mol. The SMILES string of the molecule is O=BOO[O-].[Na+]. The monoisotopic (exact) mass is 98.0 g/mol. The first-order chi connectivity index (χ1) is 2.41. The van der Waals surface area contributed by atoms with Gasteiger partial charge in [0.05, 0.1) is 0 Å². The molecule has 0 saturated heterocycles. The van der Waals surface area contributed by atoms with Crippen molar-refractivity contribution in [2.24, 2.45) is 0 Å². The topological polar surface area (TPSA) is 58.6 Å². The molecular formula is BNaO4. The smallest absolute Gasteiger partial charge is 1.00 e. The first-order valence-electron chi connectivity index (χ1n) is 0.805. The van der Waals surface area contributed by atoms with E-state index in [9.17, 15) is 0 Å². The summed E-state index contributed by atoms with van der Waals surface area (Å²) >= 11 is 0. The van der Waals surface area contributed by atoms with Crippen molar-refractivity contribution in [1.29, 1.82) is 0 Å². The Balaban J connectivity index is 0. The summed E-state index contributed by atoms with van der Waals surface area (Å²) < 4.78 is 8.86. The molecule has 0 aromatic carbocycles. The van der Waals surface area contributed by atoms with Gasteiger partial charge in [-0.3, -0.25) is 0 Å². The van der Waals surface area contributed by atoms with Gasteiger partial charge in [-0.05, 0) is 0 Å². The molecule has 0 aliphatic carbocycles. The molecule has 0 heterocycles. The molecule has 0 aliphatic heterocycles. The maximum Gasteiger partial charge on any atom is 1.00 e. The van der Waals surface area contributed by atoms with E-state index in [1.54, 1.807) is 0 Å². The maximum atomic E-state index is 8.86. The maximum absolute atomic E-state index is 8.86. The average Bonchev–Trinajstić information content (AvgIpc) is 1.41. The van der Waals surface area contributed by atoms with E-state index in [0.717, 1.165) is 0 Å². The molecule has 0 radical (unpaired) electrons. The molecule has 0 bridgehead atoms. The van der Waals surface area contributed by atoms with Crippen molar-refractivity contribution in [2.75, 3.05) is 0 Å². The average molecular weight is 97.8 g/mol. The molecule has 0 aromatic rings. The summed E-state index contributed by atoms with van der Waals surface area (Å²) in [5.74, 6) is 0. The second-order valence-electron chi connectivity index (χ2n) is 0.260. The summed E-state index contributed by atoms with van der Waals surface area (Å²) in [6.45, 7) is 0. The van der Waals surface area contributed by atoms with Crippen LogP contribution in [0.25, 0.3) is 0 Å². The van der Waals surface area contributed by atoms with E-state index in [1.807, 2.05) is 0 Å². The zero-order valence-electron chi connectivity index (χ0n) is 3.21. The Hall–Kier alpha value is 0.585. The van der Waals surface area contributed by atoms with Crippen LogP contribution in [0.1, 0.15) is 0 Å². The summed E-state index contributed by atoms with van der Waals surface area (Å²) in [6.07, 6.45) is 0. The van der Waals surface area contributed by atoms with Crippen LogP contribution >= 0.6 is 0 Å². The summed E-state index contributed by atoms with van der Waals surface area (Å²) in [5.41, 5.74) is 0. The van der Waals surface area contributed by atoms with Crippen molar-refractivity contribution < 1.29 is 49.4 Å². The zero-order valence-corrected chi connectivity index (χ0v) is 5.21. The van der Waals surface area contributed by atoms with Crippen LogP contribution < -0.4 is 34.8 Å². The fourth-order valence-electron chi connectivity index (χ4n) is 0.0160. The molecule has 28 valence electrons. The largest absolute Gasteiger partial charge is 1.00 e. The first-order valence-corrected chi connectivity index (χ1v) is 0.805. The Kier molecular flexibility index (Phi) is 14.9. The van der Waals surface area contributed by atoms with Crippen LogP contribution in [0.15, 0.2) is 0 Å². The second kappa shape index (κ2) is 9.14. The van der Waals surface area contributed by atoms with Crippen LogP contribution in [0.2, 0.25) is 0 Å². The summed E-state index contributed by atoms with van der Waals surface area (Å²) in [4.78, 5) is 3.10. The van der Waals surface area contributed by atoms with Crippen LogP contribution in [0.5, 0.6) is 0 Å². The van der Waals surface area contributed by atoms with E-state index in [-0.39, 0.29) is 36.9 Å². The number of rotatable bonds is 2. The molecule has 0 atom stereocenters. The number of hydrogen-bond donors (Lipinski definition) is 0. The van der Waals surface area contributed by atoms with Crippen LogP contribution in [0, 0.1) is 0 Å². The van der Waals surface area contributed by atoms with E-state index in [1.165, 1.54) is 0 Å². The first kappa shape index (κ1) is 9.77. The van der Waals surface area contributed by atoms with Gasteiger partial charge in [0.15, 0.2) is 0 Å². The zero-order chi connectivity index (χ0) is 4.12. The van der Waals surface area contributed by atoms with Crippen LogP contribution in [-0.4, -0.2) is 7.35 Å². The molecule has 0 rings (SSSR count). The van der Waals surface area contributed by atoms with Crippen LogP contribution in [-0.2, 0) is 14.5 Å². The number of hydrogen-bond acceptors (Lipinski definition) is 4. The Morgan fingerprint density at radius 3 is 2.17 bits per heavy atom. The second-order valence-corrected chi connectivity index (χ2v) is 0.260. The summed E-state index contributed by atoms with van der Waals surface area (Å²) in [7, 11) is -0.104. The molecule has 0 N–H and O–H groups in total. The van der Waals surface area contributed by atoms with E-state index in [0.29, 0.717) is 0 Å². The van der Waals surface area contributed by atoms with Crippen LogP contribution in [0.3, 0.4) is 0 Å². The van der Waals surface area contributed by atoms with E-state index >= 15 is 0 Å². The van der Waals surface area contributed by atoms with Gasteiger partial charge in [-0.15, -0.1) is 0 Å². The predicted octanol–water partition coefficient (Wildman–Crippen LogP) is -4.82. The van der Waals surface area contributed by atoms with Gasteiger partial charge in [0.25, 0.3) is 0 Å². The molecule has 0 saturated carbocycles. The molecule has 6 heavy (non-hydrogen) atoms. The minimum Gasteiger partial charge on any atom is 1.00 e. The van der Waals surface area contributed by atoms with Crippen molar-refractivity contribution in [3.05, 3.63) is 0 Å². The van der Waals surface area contributed by atoms with Crippen molar-refractivity contribution in [3.63, 3.8) is 0 Å². The molecule has 0 amide bonds. The van der Waals surface area contributed by atoms with Crippen molar-refractivity contribution in [2.45, 2.75) is 0 Å². The van der Waals surface area contributed by atoms with Gasteiger partial charge in [0, 0.05) is 0 Å². The molecule has 4 nitrogen and oxygen atoms in total. The van der Waals surface area contributed by atoms with Gasteiger partial charge in [-0.2, -0.15) is 0 Å².